The lowest BCUT2D eigenvalue weighted by molar-refractivity contribution is -0.143. The zero-order valence-corrected chi connectivity index (χ0v) is 12.5. The molecular formula is C14H21N3O4. The molecule has 1 aliphatic rings. The Morgan fingerprint density at radius 3 is 2.81 bits per heavy atom. The second-order valence-corrected chi connectivity index (χ2v) is 5.58. The molecule has 0 aromatic carbocycles. The van der Waals surface area contributed by atoms with Gasteiger partial charge < -0.3 is 19.7 Å². The lowest BCUT2D eigenvalue weighted by atomic mass is 9.92. The molecule has 1 aromatic heterocycles. The molecule has 1 fully saturated rings. The Kier molecular flexibility index (Phi) is 4.50. The molecule has 1 aliphatic heterocycles. The summed E-state index contributed by atoms with van der Waals surface area (Å²) in [6.07, 6.45) is 2.58. The Labute approximate surface area is 123 Å². The molecule has 2 rings (SSSR count). The van der Waals surface area contributed by atoms with Gasteiger partial charge in [-0.2, -0.15) is 0 Å². The van der Waals surface area contributed by atoms with E-state index in [1.807, 2.05) is 6.92 Å². The molecule has 1 saturated heterocycles. The van der Waals surface area contributed by atoms with Gasteiger partial charge in [0.15, 0.2) is 0 Å². The van der Waals surface area contributed by atoms with Crippen LogP contribution in [0.5, 0.6) is 0 Å². The van der Waals surface area contributed by atoms with E-state index in [1.54, 1.807) is 24.9 Å². The van der Waals surface area contributed by atoms with Crippen LogP contribution in [-0.4, -0.2) is 39.6 Å². The minimum absolute atomic E-state index is 0.0988. The summed E-state index contributed by atoms with van der Waals surface area (Å²) in [5, 5.41) is 11.9. The normalized spacial score (nSPS) is 23.7. The molecule has 7 heteroatoms. The van der Waals surface area contributed by atoms with Crippen molar-refractivity contribution in [3.05, 3.63) is 17.8 Å². The Balaban J connectivity index is 1.93. The number of carboxylic acids is 1. The van der Waals surface area contributed by atoms with Crippen LogP contribution in [0.3, 0.4) is 0 Å². The van der Waals surface area contributed by atoms with Gasteiger partial charge in [-0.25, -0.2) is 9.78 Å². The van der Waals surface area contributed by atoms with Crippen molar-refractivity contribution < 1.29 is 19.1 Å². The third-order valence-corrected chi connectivity index (χ3v) is 3.84. The van der Waals surface area contributed by atoms with Crippen LogP contribution in [0.4, 0.5) is 4.79 Å². The highest BCUT2D eigenvalue weighted by molar-refractivity contribution is 5.76. The molecule has 3 atom stereocenters. The van der Waals surface area contributed by atoms with Gasteiger partial charge in [0.1, 0.15) is 11.8 Å². The Morgan fingerprint density at radius 2 is 2.29 bits per heavy atom. The van der Waals surface area contributed by atoms with Crippen LogP contribution in [0.1, 0.15) is 44.4 Å². The van der Waals surface area contributed by atoms with Crippen LogP contribution in [0.15, 0.2) is 10.6 Å². The molecule has 3 unspecified atom stereocenters. The Morgan fingerprint density at radius 1 is 1.57 bits per heavy atom. The molecule has 1 aromatic rings. The van der Waals surface area contributed by atoms with Gasteiger partial charge >= 0.3 is 12.0 Å². The minimum Gasteiger partial charge on any atom is -0.481 e. The Hall–Kier alpha value is -2.05. The van der Waals surface area contributed by atoms with E-state index in [-0.39, 0.29) is 24.0 Å². The molecule has 0 radical (unpaired) electrons. The predicted molar refractivity (Wildman–Crippen MR) is 74.7 cm³/mol. The van der Waals surface area contributed by atoms with Crippen LogP contribution in [0.25, 0.3) is 0 Å². The fourth-order valence-corrected chi connectivity index (χ4v) is 2.60. The number of nitrogens with zero attached hydrogens (tertiary/aromatic N) is 2. The molecule has 0 aliphatic carbocycles. The zero-order chi connectivity index (χ0) is 15.6. The van der Waals surface area contributed by atoms with Gasteiger partial charge in [-0.15, -0.1) is 0 Å². The molecule has 2 heterocycles. The molecule has 0 spiro atoms. The number of hydrogen-bond donors (Lipinski definition) is 2. The van der Waals surface area contributed by atoms with E-state index in [0.29, 0.717) is 31.0 Å². The number of aliphatic carboxylic acids is 1. The van der Waals surface area contributed by atoms with Crippen molar-refractivity contribution in [2.75, 3.05) is 6.54 Å². The summed E-state index contributed by atoms with van der Waals surface area (Å²) >= 11 is 0. The summed E-state index contributed by atoms with van der Waals surface area (Å²) in [6, 6.07) is -0.636. The molecule has 0 saturated carbocycles. The van der Waals surface area contributed by atoms with Crippen LogP contribution < -0.4 is 5.32 Å². The van der Waals surface area contributed by atoms with Gasteiger partial charge in [-0.3, -0.25) is 4.79 Å². The lowest BCUT2D eigenvalue weighted by Crippen LogP contribution is -2.50. The number of amides is 2. The largest absolute Gasteiger partial charge is 0.481 e. The SMILES string of the molecule is Cc1cnc(C(C)NC(=O)N2CCC(C(=O)O)CC2C)o1. The summed E-state index contributed by atoms with van der Waals surface area (Å²) in [5.74, 6) is 0.0112. The monoisotopic (exact) mass is 295 g/mol. The average molecular weight is 295 g/mol. The first-order chi connectivity index (χ1) is 9.88. The van der Waals surface area contributed by atoms with E-state index >= 15 is 0 Å². The second kappa shape index (κ2) is 6.15. The number of nitrogens with one attached hydrogen (secondary N) is 1. The number of rotatable bonds is 3. The van der Waals surface area contributed by atoms with E-state index in [2.05, 4.69) is 10.3 Å². The van der Waals surface area contributed by atoms with Gasteiger partial charge in [0.25, 0.3) is 0 Å². The quantitative estimate of drug-likeness (QED) is 0.888. The van der Waals surface area contributed by atoms with Crippen molar-refractivity contribution in [2.45, 2.75) is 45.7 Å². The van der Waals surface area contributed by atoms with Crippen molar-refractivity contribution in [1.29, 1.82) is 0 Å². The highest BCUT2D eigenvalue weighted by Gasteiger charge is 2.32. The Bertz CT molecular complexity index is 528. The van der Waals surface area contributed by atoms with Gasteiger partial charge in [-0.1, -0.05) is 0 Å². The molecule has 21 heavy (non-hydrogen) atoms. The first-order valence-electron chi connectivity index (χ1n) is 7.10. The lowest BCUT2D eigenvalue weighted by Gasteiger charge is -2.36. The summed E-state index contributed by atoms with van der Waals surface area (Å²) in [5.41, 5.74) is 0. The summed E-state index contributed by atoms with van der Waals surface area (Å²) in [7, 11) is 0. The van der Waals surface area contributed by atoms with Gasteiger partial charge in [0, 0.05) is 12.6 Å². The highest BCUT2D eigenvalue weighted by Crippen LogP contribution is 2.23. The molecule has 116 valence electrons. The number of hydrogen-bond acceptors (Lipinski definition) is 4. The summed E-state index contributed by atoms with van der Waals surface area (Å²) in [6.45, 7) is 5.91. The maximum absolute atomic E-state index is 12.3. The summed E-state index contributed by atoms with van der Waals surface area (Å²) in [4.78, 5) is 29.0. The maximum Gasteiger partial charge on any atom is 0.318 e. The van der Waals surface area contributed by atoms with Crippen LogP contribution in [-0.2, 0) is 4.79 Å². The van der Waals surface area contributed by atoms with Gasteiger partial charge in [0.2, 0.25) is 5.89 Å². The zero-order valence-electron chi connectivity index (χ0n) is 12.5. The fraction of sp³-hybridized carbons (Fsp3) is 0.643. The maximum atomic E-state index is 12.3. The van der Waals surface area contributed by atoms with Crippen molar-refractivity contribution in [2.24, 2.45) is 5.92 Å². The number of piperidine rings is 1. The molecule has 7 nitrogen and oxygen atoms in total. The average Bonchev–Trinajstić information content (AvgIpc) is 2.85. The van der Waals surface area contributed by atoms with Crippen LogP contribution >= 0.6 is 0 Å². The predicted octanol–water partition coefficient (Wildman–Crippen LogP) is 1.94. The van der Waals surface area contributed by atoms with E-state index in [4.69, 9.17) is 9.52 Å². The number of oxazole rings is 1. The molecule has 2 N–H and O–H groups in total. The molecule has 2 amide bonds. The summed E-state index contributed by atoms with van der Waals surface area (Å²) < 4.78 is 5.39. The number of likely N-dealkylation sites (tertiary alicyclic amines) is 1. The van der Waals surface area contributed by atoms with Crippen molar-refractivity contribution in [3.63, 3.8) is 0 Å². The van der Waals surface area contributed by atoms with Crippen molar-refractivity contribution in [3.8, 4) is 0 Å². The number of aromatic nitrogens is 1. The third kappa shape index (κ3) is 3.53. The minimum atomic E-state index is -0.787. The van der Waals surface area contributed by atoms with Gasteiger partial charge in [-0.05, 0) is 33.6 Å². The smallest absolute Gasteiger partial charge is 0.318 e. The van der Waals surface area contributed by atoms with Gasteiger partial charge in [0.05, 0.1) is 12.1 Å². The second-order valence-electron chi connectivity index (χ2n) is 5.58. The van der Waals surface area contributed by atoms with Crippen LogP contribution in [0, 0.1) is 12.8 Å². The first-order valence-corrected chi connectivity index (χ1v) is 7.10. The number of urea groups is 1. The molecule has 0 bridgehead atoms. The van der Waals surface area contributed by atoms with E-state index < -0.39 is 5.97 Å². The molecular weight excluding hydrogens is 274 g/mol. The van der Waals surface area contributed by atoms with Crippen molar-refractivity contribution >= 4 is 12.0 Å². The fourth-order valence-electron chi connectivity index (χ4n) is 2.60. The van der Waals surface area contributed by atoms with E-state index in [1.165, 1.54) is 0 Å². The topological polar surface area (TPSA) is 95.7 Å². The highest BCUT2D eigenvalue weighted by atomic mass is 16.4. The third-order valence-electron chi connectivity index (χ3n) is 3.84. The van der Waals surface area contributed by atoms with E-state index in [0.717, 1.165) is 0 Å². The standard InChI is InChI=1S/C14H21N3O4/c1-8-6-11(13(18)19)4-5-17(8)14(20)16-10(3)12-15-7-9(2)21-12/h7-8,10-11H,4-6H2,1-3H3,(H,16,20)(H,18,19). The van der Waals surface area contributed by atoms with Crippen molar-refractivity contribution in [1.82, 2.24) is 15.2 Å². The first kappa shape index (κ1) is 15.3. The number of carbonyl (C=O) groups excluding carboxylic acids is 1. The van der Waals surface area contributed by atoms with Crippen LogP contribution in [0.2, 0.25) is 0 Å². The van der Waals surface area contributed by atoms with E-state index in [9.17, 15) is 9.59 Å². The number of carbonyl (C=O) groups is 2. The number of carboxylic acid groups (broad SMARTS) is 1. The number of aryl methyl sites for hydroxylation is 1.